The third kappa shape index (κ3) is 5.45. The third-order valence-corrected chi connectivity index (χ3v) is 7.68. The van der Waals surface area contributed by atoms with Gasteiger partial charge in [-0.2, -0.15) is 9.78 Å². The molecule has 4 aromatic carbocycles. The van der Waals surface area contributed by atoms with E-state index in [0.717, 1.165) is 19.9 Å². The number of nitrogens with zero attached hydrogens (tertiary/aromatic N) is 3. The van der Waals surface area contributed by atoms with Crippen molar-refractivity contribution in [2.45, 2.75) is 6.61 Å². The number of benzene rings is 4. The molecule has 0 fully saturated rings. The number of hydrogen-bond acceptors (Lipinski definition) is 5. The maximum atomic E-state index is 13.5. The lowest BCUT2D eigenvalue weighted by Gasteiger charge is -2.11. The first-order chi connectivity index (χ1) is 19.4. The molecule has 198 valence electrons. The van der Waals surface area contributed by atoms with Crippen LogP contribution in [0.15, 0.2) is 108 Å². The van der Waals surface area contributed by atoms with E-state index >= 15 is 0 Å². The van der Waals surface area contributed by atoms with Crippen LogP contribution in [0.3, 0.4) is 0 Å². The van der Waals surface area contributed by atoms with Crippen LogP contribution in [0, 0.1) is 0 Å². The van der Waals surface area contributed by atoms with Gasteiger partial charge in [-0.25, -0.2) is 4.98 Å². The third-order valence-electron chi connectivity index (χ3n) is 6.09. The van der Waals surface area contributed by atoms with Crippen LogP contribution in [0.1, 0.15) is 11.1 Å². The molecule has 0 aliphatic rings. The van der Waals surface area contributed by atoms with Crippen molar-refractivity contribution in [3.63, 3.8) is 0 Å². The Hall–Kier alpha value is -3.43. The molecule has 0 aliphatic heterocycles. The summed E-state index contributed by atoms with van der Waals surface area (Å²) < 4.78 is 15.0. The number of halogens is 4. The number of fused-ring (bicyclic) bond motifs is 2. The van der Waals surface area contributed by atoms with Gasteiger partial charge >= 0.3 is 0 Å². The Bertz CT molecular complexity index is 1960. The first-order valence-electron chi connectivity index (χ1n) is 12.0. The van der Waals surface area contributed by atoms with Crippen molar-refractivity contribution in [3.8, 4) is 17.3 Å². The van der Waals surface area contributed by atoms with Crippen LogP contribution in [-0.2, 0) is 6.61 Å². The summed E-state index contributed by atoms with van der Waals surface area (Å²) in [5.41, 5.74) is 2.40. The molecule has 0 N–H and O–H groups in total. The summed E-state index contributed by atoms with van der Waals surface area (Å²) in [4.78, 5) is 18.2. The van der Waals surface area contributed by atoms with E-state index in [2.05, 4.69) is 37.0 Å². The molecule has 6 aromatic rings. The Morgan fingerprint density at radius 1 is 0.925 bits per heavy atom. The molecule has 10 heteroatoms. The standard InChI is InChI=1S/C30H17Br2Cl2N3O3/c31-20-7-5-17(6-8-20)16-39-28-23(33)11-18(12-24(28)34)15-35-37-29(36-25-4-2-1-3-22(25)30(37)38)27-14-19-13-21(32)9-10-26(19)40-27/h1-15H,16H2. The molecule has 2 heterocycles. The molecule has 0 bridgehead atoms. The number of hydrogen-bond donors (Lipinski definition) is 0. The van der Waals surface area contributed by atoms with Crippen LogP contribution < -0.4 is 10.3 Å². The molecule has 0 spiro atoms. The average Bonchev–Trinajstić information content (AvgIpc) is 3.36. The Kier molecular flexibility index (Phi) is 7.51. The Balaban J connectivity index is 1.37. The summed E-state index contributed by atoms with van der Waals surface area (Å²) >= 11 is 19.9. The Labute approximate surface area is 255 Å². The molecule has 0 unspecified atom stereocenters. The van der Waals surface area contributed by atoms with E-state index in [0.29, 0.717) is 50.2 Å². The highest BCUT2D eigenvalue weighted by atomic mass is 79.9. The van der Waals surface area contributed by atoms with Gasteiger partial charge in [0.2, 0.25) is 5.82 Å². The maximum absolute atomic E-state index is 13.5. The zero-order valence-corrected chi connectivity index (χ0v) is 25.1. The van der Waals surface area contributed by atoms with Gasteiger partial charge in [-0.3, -0.25) is 4.79 Å². The quantitative estimate of drug-likeness (QED) is 0.163. The van der Waals surface area contributed by atoms with Crippen molar-refractivity contribution in [2.75, 3.05) is 0 Å². The van der Waals surface area contributed by atoms with Crippen LogP contribution in [-0.4, -0.2) is 15.9 Å². The lowest BCUT2D eigenvalue weighted by atomic mass is 10.2. The largest absolute Gasteiger partial charge is 0.486 e. The van der Waals surface area contributed by atoms with Crippen LogP contribution in [0.4, 0.5) is 0 Å². The number of para-hydroxylation sites is 1. The van der Waals surface area contributed by atoms with E-state index in [1.165, 1.54) is 10.9 Å². The second-order valence-electron chi connectivity index (χ2n) is 8.84. The fourth-order valence-electron chi connectivity index (χ4n) is 4.17. The van der Waals surface area contributed by atoms with Crippen molar-refractivity contribution in [1.82, 2.24) is 9.66 Å². The van der Waals surface area contributed by atoms with Crippen molar-refractivity contribution < 1.29 is 9.15 Å². The van der Waals surface area contributed by atoms with Gasteiger partial charge < -0.3 is 9.15 Å². The first-order valence-corrected chi connectivity index (χ1v) is 14.3. The Morgan fingerprint density at radius 2 is 1.65 bits per heavy atom. The summed E-state index contributed by atoms with van der Waals surface area (Å²) in [5, 5.41) is 6.41. The molecule has 6 nitrogen and oxygen atoms in total. The van der Waals surface area contributed by atoms with Crippen LogP contribution in [0.2, 0.25) is 10.0 Å². The second-order valence-corrected chi connectivity index (χ2v) is 11.5. The molecule has 0 saturated carbocycles. The number of ether oxygens (including phenoxy) is 1. The van der Waals surface area contributed by atoms with Gasteiger partial charge in [-0.1, -0.05) is 79.3 Å². The van der Waals surface area contributed by atoms with Gasteiger partial charge in [0.15, 0.2) is 11.5 Å². The topological polar surface area (TPSA) is 69.6 Å². The highest BCUT2D eigenvalue weighted by Crippen LogP contribution is 2.35. The summed E-state index contributed by atoms with van der Waals surface area (Å²) in [6.45, 7) is 0.301. The molecule has 0 amide bonds. The lowest BCUT2D eigenvalue weighted by Crippen LogP contribution is -2.20. The zero-order valence-electron chi connectivity index (χ0n) is 20.4. The zero-order chi connectivity index (χ0) is 27.8. The summed E-state index contributed by atoms with van der Waals surface area (Å²) in [5.74, 6) is 1.03. The monoisotopic (exact) mass is 695 g/mol. The predicted octanol–water partition coefficient (Wildman–Crippen LogP) is 9.10. The molecule has 0 radical (unpaired) electrons. The van der Waals surface area contributed by atoms with E-state index in [1.807, 2.05) is 54.6 Å². The summed E-state index contributed by atoms with van der Waals surface area (Å²) in [6.07, 6.45) is 1.50. The number of aromatic nitrogens is 2. The van der Waals surface area contributed by atoms with Crippen molar-refractivity contribution >= 4 is 83.1 Å². The van der Waals surface area contributed by atoms with E-state index in [-0.39, 0.29) is 11.4 Å². The van der Waals surface area contributed by atoms with Crippen LogP contribution >= 0.6 is 55.1 Å². The summed E-state index contributed by atoms with van der Waals surface area (Å²) in [6, 6.07) is 25.7. The highest BCUT2D eigenvalue weighted by molar-refractivity contribution is 9.10. The fourth-order valence-corrected chi connectivity index (χ4v) is 5.42. The van der Waals surface area contributed by atoms with E-state index in [1.54, 1.807) is 30.3 Å². The second kappa shape index (κ2) is 11.2. The van der Waals surface area contributed by atoms with E-state index < -0.39 is 0 Å². The lowest BCUT2D eigenvalue weighted by molar-refractivity contribution is 0.306. The fraction of sp³-hybridized carbons (Fsp3) is 0.0333. The summed E-state index contributed by atoms with van der Waals surface area (Å²) in [7, 11) is 0. The van der Waals surface area contributed by atoms with Gasteiger partial charge in [-0.15, -0.1) is 0 Å². The highest BCUT2D eigenvalue weighted by Gasteiger charge is 2.17. The molecule has 6 rings (SSSR count). The van der Waals surface area contributed by atoms with E-state index in [9.17, 15) is 4.79 Å². The normalized spacial score (nSPS) is 11.6. The molecule has 0 saturated heterocycles. The van der Waals surface area contributed by atoms with Crippen LogP contribution in [0.25, 0.3) is 33.5 Å². The van der Waals surface area contributed by atoms with Gasteiger partial charge in [0.05, 0.1) is 27.2 Å². The van der Waals surface area contributed by atoms with Crippen LogP contribution in [0.5, 0.6) is 5.75 Å². The molecule has 2 aromatic heterocycles. The minimum Gasteiger partial charge on any atom is -0.486 e. The minimum absolute atomic E-state index is 0.263. The van der Waals surface area contributed by atoms with E-state index in [4.69, 9.17) is 37.3 Å². The molecule has 0 atom stereocenters. The predicted molar refractivity (Wildman–Crippen MR) is 167 cm³/mol. The van der Waals surface area contributed by atoms with Gasteiger partial charge in [0, 0.05) is 14.3 Å². The SMILES string of the molecule is O=c1c2ccccc2nc(-c2cc3cc(Br)ccc3o2)n1N=Cc1cc(Cl)c(OCc2ccc(Br)cc2)c(Cl)c1. The number of furan rings is 1. The van der Waals surface area contributed by atoms with Gasteiger partial charge in [0.25, 0.3) is 5.56 Å². The number of rotatable bonds is 6. The van der Waals surface area contributed by atoms with Crippen molar-refractivity contribution in [3.05, 3.63) is 125 Å². The average molecular weight is 698 g/mol. The minimum atomic E-state index is -0.342. The first kappa shape index (κ1) is 26.8. The van der Waals surface area contributed by atoms with Crippen molar-refractivity contribution in [2.24, 2.45) is 5.10 Å². The van der Waals surface area contributed by atoms with Gasteiger partial charge in [0.1, 0.15) is 12.2 Å². The molecule has 40 heavy (non-hydrogen) atoms. The van der Waals surface area contributed by atoms with Gasteiger partial charge in [-0.05, 0) is 71.8 Å². The van der Waals surface area contributed by atoms with Crippen molar-refractivity contribution in [1.29, 1.82) is 0 Å². The maximum Gasteiger partial charge on any atom is 0.282 e. The molecular formula is C30H17Br2Cl2N3O3. The molecular weight excluding hydrogens is 681 g/mol. The Morgan fingerprint density at radius 3 is 2.42 bits per heavy atom. The molecule has 0 aliphatic carbocycles. The smallest absolute Gasteiger partial charge is 0.282 e.